The predicted octanol–water partition coefficient (Wildman–Crippen LogP) is 2.21. The first-order valence-corrected chi connectivity index (χ1v) is 13.0. The van der Waals surface area contributed by atoms with Crippen molar-refractivity contribution in [3.05, 3.63) is 26.4 Å². The van der Waals surface area contributed by atoms with Crippen molar-refractivity contribution in [1.29, 1.82) is 5.41 Å². The Morgan fingerprint density at radius 1 is 1.11 bits per heavy atom. The summed E-state index contributed by atoms with van der Waals surface area (Å²) in [6.45, 7) is 2.26. The summed E-state index contributed by atoms with van der Waals surface area (Å²) in [6, 6.07) is 0.117. The van der Waals surface area contributed by atoms with Crippen LogP contribution in [0.3, 0.4) is 0 Å². The maximum absolute atomic E-state index is 13.3. The minimum Gasteiger partial charge on any atom is -0.494 e. The molecule has 4 aliphatic rings. The second-order valence-corrected chi connectivity index (χ2v) is 11.5. The van der Waals surface area contributed by atoms with Crippen LogP contribution >= 0.6 is 0 Å². The molecular weight excluding hydrogens is 448 g/mol. The summed E-state index contributed by atoms with van der Waals surface area (Å²) in [5.74, 6) is -0.428. The van der Waals surface area contributed by atoms with E-state index in [1.165, 1.54) is 22.0 Å². The third-order valence-corrected chi connectivity index (χ3v) is 9.39. The van der Waals surface area contributed by atoms with E-state index in [2.05, 4.69) is 0 Å². The number of nitrogens with two attached hydrogens (primary N) is 1. The van der Waals surface area contributed by atoms with Crippen molar-refractivity contribution in [3.8, 4) is 5.88 Å². The molecule has 1 aromatic rings. The number of aromatic hydroxyl groups is 1. The van der Waals surface area contributed by atoms with Crippen molar-refractivity contribution in [2.45, 2.75) is 95.3 Å². The topological polar surface area (TPSA) is 138 Å². The lowest BCUT2D eigenvalue weighted by Gasteiger charge is -2.61. The van der Waals surface area contributed by atoms with Crippen LogP contribution in [0, 0.1) is 16.7 Å². The molecule has 3 saturated carbocycles. The molecule has 5 rings (SSSR count). The number of amides is 2. The summed E-state index contributed by atoms with van der Waals surface area (Å²) in [7, 11) is 3.88. The molecule has 2 spiro atoms. The second-order valence-electron chi connectivity index (χ2n) is 11.5. The molecule has 0 bridgehead atoms. The van der Waals surface area contributed by atoms with E-state index in [1.54, 1.807) is 0 Å². The third-order valence-electron chi connectivity index (χ3n) is 9.39. The highest BCUT2D eigenvalue weighted by molar-refractivity contribution is 5.96. The fourth-order valence-corrected chi connectivity index (χ4v) is 7.53. The fraction of sp³-hybridized carbons (Fsp3) is 0.760. The van der Waals surface area contributed by atoms with Gasteiger partial charge < -0.3 is 20.6 Å². The van der Waals surface area contributed by atoms with Gasteiger partial charge in [-0.05, 0) is 69.1 Å². The van der Waals surface area contributed by atoms with Crippen LogP contribution in [0.2, 0.25) is 0 Å². The Bertz CT molecular complexity index is 1170. The standard InChI is InChI=1S/C25H38N6O4/c1-4-5-12-30-20(32)17(19(26)27)21(33)31(23(30)35)16-8-10-24(11-9-16)13-25(14-24)18(15-6-7-15)28(2)22(34)29(25)3/h15-16,18,32H,4-14H2,1-3H3,(H3,26,27)/t16?,18-,24?,25?/m0/s1. The highest BCUT2D eigenvalue weighted by atomic mass is 16.3. The largest absolute Gasteiger partial charge is 0.494 e. The molecular formula is C25H38N6O4. The van der Waals surface area contributed by atoms with Gasteiger partial charge in [-0.3, -0.25) is 19.3 Å². The predicted molar refractivity (Wildman–Crippen MR) is 132 cm³/mol. The molecule has 192 valence electrons. The number of carbonyl (C=O) groups is 1. The van der Waals surface area contributed by atoms with Crippen LogP contribution in [-0.4, -0.2) is 61.6 Å². The van der Waals surface area contributed by atoms with Gasteiger partial charge in [0.1, 0.15) is 11.4 Å². The molecule has 1 saturated heterocycles. The van der Waals surface area contributed by atoms with Gasteiger partial charge in [0.05, 0.1) is 11.6 Å². The Balaban J connectivity index is 1.39. The summed E-state index contributed by atoms with van der Waals surface area (Å²) < 4.78 is 2.43. The van der Waals surface area contributed by atoms with Crippen LogP contribution in [0.15, 0.2) is 9.59 Å². The summed E-state index contributed by atoms with van der Waals surface area (Å²) in [4.78, 5) is 43.2. The van der Waals surface area contributed by atoms with Gasteiger partial charge in [0, 0.05) is 26.7 Å². The highest BCUT2D eigenvalue weighted by Crippen LogP contribution is 2.65. The normalized spacial score (nSPS) is 32.5. The zero-order valence-electron chi connectivity index (χ0n) is 21.0. The summed E-state index contributed by atoms with van der Waals surface area (Å²) in [5, 5.41) is 18.4. The first-order chi connectivity index (χ1) is 16.6. The quantitative estimate of drug-likeness (QED) is 0.418. The lowest BCUT2D eigenvalue weighted by molar-refractivity contribution is -0.0892. The molecule has 2 amide bonds. The third kappa shape index (κ3) is 3.42. The number of hydrogen-bond acceptors (Lipinski definition) is 5. The van der Waals surface area contributed by atoms with Crippen molar-refractivity contribution >= 4 is 11.9 Å². The van der Waals surface area contributed by atoms with Crippen LogP contribution in [-0.2, 0) is 6.54 Å². The zero-order chi connectivity index (χ0) is 25.3. The van der Waals surface area contributed by atoms with E-state index in [0.717, 1.165) is 32.1 Å². The minimum atomic E-state index is -0.671. The highest BCUT2D eigenvalue weighted by Gasteiger charge is 2.68. The van der Waals surface area contributed by atoms with E-state index in [1.807, 2.05) is 30.8 Å². The fourth-order valence-electron chi connectivity index (χ4n) is 7.53. The van der Waals surface area contributed by atoms with E-state index in [-0.39, 0.29) is 41.2 Å². The number of carbonyl (C=O) groups excluding carboxylic acids is 1. The Morgan fingerprint density at radius 3 is 2.29 bits per heavy atom. The zero-order valence-corrected chi connectivity index (χ0v) is 21.0. The van der Waals surface area contributed by atoms with Crippen LogP contribution < -0.4 is 17.0 Å². The number of hydrogen-bond donors (Lipinski definition) is 3. The van der Waals surface area contributed by atoms with Gasteiger partial charge in [0.25, 0.3) is 5.56 Å². The maximum Gasteiger partial charge on any atom is 0.334 e. The number of urea groups is 1. The Morgan fingerprint density at radius 2 is 1.74 bits per heavy atom. The molecule has 4 fully saturated rings. The van der Waals surface area contributed by atoms with Crippen molar-refractivity contribution < 1.29 is 9.90 Å². The molecule has 10 heteroatoms. The lowest BCUT2D eigenvalue weighted by atomic mass is 9.49. The number of amidine groups is 1. The summed E-state index contributed by atoms with van der Waals surface area (Å²) in [5.41, 5.74) is 4.20. The summed E-state index contributed by atoms with van der Waals surface area (Å²) >= 11 is 0. The molecule has 0 unspecified atom stereocenters. The number of rotatable bonds is 6. The molecule has 1 aliphatic heterocycles. The number of unbranched alkanes of at least 4 members (excludes halogenated alkanes) is 1. The SMILES string of the molecule is CCCCn1c(O)c(C(=N)N)c(=O)n(C2CCC3(CC2)CC2(C3)[C@H](C3CC3)N(C)C(=O)N2C)c1=O. The van der Waals surface area contributed by atoms with Crippen molar-refractivity contribution in [3.63, 3.8) is 0 Å². The second kappa shape index (κ2) is 8.13. The van der Waals surface area contributed by atoms with Gasteiger partial charge in [0.2, 0.25) is 5.88 Å². The molecule has 35 heavy (non-hydrogen) atoms. The molecule has 1 aromatic heterocycles. The van der Waals surface area contributed by atoms with E-state index < -0.39 is 23.0 Å². The van der Waals surface area contributed by atoms with Gasteiger partial charge in [-0.15, -0.1) is 0 Å². The van der Waals surface area contributed by atoms with E-state index in [0.29, 0.717) is 25.2 Å². The summed E-state index contributed by atoms with van der Waals surface area (Å²) in [6.07, 6.45) is 8.97. The van der Waals surface area contributed by atoms with Gasteiger partial charge in [-0.25, -0.2) is 9.59 Å². The molecule has 10 nitrogen and oxygen atoms in total. The number of nitrogens with zero attached hydrogens (tertiary/aromatic N) is 4. The van der Waals surface area contributed by atoms with Crippen LogP contribution in [0.5, 0.6) is 5.88 Å². The molecule has 0 aromatic carbocycles. The lowest BCUT2D eigenvalue weighted by Crippen LogP contribution is -2.65. The Kier molecular flexibility index (Phi) is 5.56. The van der Waals surface area contributed by atoms with Crippen LogP contribution in [0.25, 0.3) is 0 Å². The minimum absolute atomic E-state index is 0.0934. The van der Waals surface area contributed by atoms with Crippen molar-refractivity contribution in [1.82, 2.24) is 18.9 Å². The number of nitrogen functional groups attached to an aromatic ring is 1. The van der Waals surface area contributed by atoms with Gasteiger partial charge in [-0.2, -0.15) is 0 Å². The van der Waals surface area contributed by atoms with E-state index >= 15 is 0 Å². The first-order valence-electron chi connectivity index (χ1n) is 13.0. The van der Waals surface area contributed by atoms with E-state index in [4.69, 9.17) is 11.1 Å². The average molecular weight is 487 g/mol. The van der Waals surface area contributed by atoms with Gasteiger partial charge in [-0.1, -0.05) is 13.3 Å². The molecule has 3 aliphatic carbocycles. The molecule has 1 atom stereocenters. The van der Waals surface area contributed by atoms with Crippen LogP contribution in [0.1, 0.15) is 82.7 Å². The Hall–Kier alpha value is -2.78. The number of likely N-dealkylation sites (N-methyl/N-ethyl adjacent to an activating group) is 2. The molecule has 2 heterocycles. The van der Waals surface area contributed by atoms with Gasteiger partial charge in [0.15, 0.2) is 0 Å². The van der Waals surface area contributed by atoms with E-state index in [9.17, 15) is 19.5 Å². The van der Waals surface area contributed by atoms with Crippen molar-refractivity contribution in [2.24, 2.45) is 17.1 Å². The first kappa shape index (κ1) is 23.9. The monoisotopic (exact) mass is 486 g/mol. The number of nitrogens with one attached hydrogen (secondary N) is 1. The van der Waals surface area contributed by atoms with Crippen molar-refractivity contribution in [2.75, 3.05) is 14.1 Å². The van der Waals surface area contributed by atoms with Gasteiger partial charge >= 0.3 is 11.7 Å². The van der Waals surface area contributed by atoms with Crippen LogP contribution in [0.4, 0.5) is 4.79 Å². The molecule has 0 radical (unpaired) electrons. The maximum atomic E-state index is 13.3. The smallest absolute Gasteiger partial charge is 0.334 e. The average Bonchev–Trinajstić information content (AvgIpc) is 3.59. The molecule has 4 N–H and O–H groups in total. The number of aromatic nitrogens is 2. The Labute approximate surface area is 205 Å².